The van der Waals surface area contributed by atoms with Crippen LogP contribution in [-0.2, 0) is 4.74 Å². The van der Waals surface area contributed by atoms with Crippen molar-refractivity contribution in [3.63, 3.8) is 0 Å². The average Bonchev–Trinajstić information content (AvgIpc) is 2.23. The van der Waals surface area contributed by atoms with Gasteiger partial charge in [-0.3, -0.25) is 0 Å². The second-order valence-corrected chi connectivity index (χ2v) is 5.49. The van der Waals surface area contributed by atoms with E-state index >= 15 is 0 Å². The summed E-state index contributed by atoms with van der Waals surface area (Å²) in [5.74, 6) is 0. The molecule has 1 rings (SSSR count). The van der Waals surface area contributed by atoms with Gasteiger partial charge in [-0.2, -0.15) is 0 Å². The van der Waals surface area contributed by atoms with Crippen molar-refractivity contribution in [3.05, 3.63) is 0 Å². The van der Waals surface area contributed by atoms with Gasteiger partial charge in [0.1, 0.15) is 11.3 Å². The van der Waals surface area contributed by atoms with Gasteiger partial charge in [-0.05, 0) is 27.7 Å². The van der Waals surface area contributed by atoms with Crippen molar-refractivity contribution < 1.29 is 13.9 Å². The zero-order chi connectivity index (χ0) is 12.4. The summed E-state index contributed by atoms with van der Waals surface area (Å²) in [5.41, 5.74) is -1.93. The molecule has 1 fully saturated rings. The molecule has 0 radical (unpaired) electrons. The van der Waals surface area contributed by atoms with Crippen LogP contribution in [0.15, 0.2) is 0 Å². The second kappa shape index (κ2) is 4.57. The Morgan fingerprint density at radius 1 is 1.50 bits per heavy atom. The van der Waals surface area contributed by atoms with E-state index in [9.17, 15) is 9.18 Å². The minimum absolute atomic E-state index is 0.0783. The first kappa shape index (κ1) is 13.2. The number of carbonyl (C=O) groups is 1. The predicted octanol–water partition coefficient (Wildman–Crippen LogP) is 1.55. The van der Waals surface area contributed by atoms with Crippen LogP contribution in [0.1, 0.15) is 27.7 Å². The van der Waals surface area contributed by atoms with Gasteiger partial charge in [0, 0.05) is 19.6 Å². The predicted molar refractivity (Wildman–Crippen MR) is 60.2 cm³/mol. The molecule has 0 aromatic heterocycles. The van der Waals surface area contributed by atoms with Gasteiger partial charge in [0.15, 0.2) is 0 Å². The standard InChI is InChI=1S/C11H21FN2O2/c1-10(2,3)16-9(15)14-6-5-13-7-11(4,12)8-14/h13H,5-8H2,1-4H3/t11-/m1/s1. The highest BCUT2D eigenvalue weighted by Crippen LogP contribution is 2.16. The molecule has 1 aliphatic heterocycles. The van der Waals surface area contributed by atoms with Crippen LogP contribution < -0.4 is 5.32 Å². The first-order valence-electron chi connectivity index (χ1n) is 5.57. The van der Waals surface area contributed by atoms with Crippen molar-refractivity contribution >= 4 is 6.09 Å². The number of hydrogen-bond acceptors (Lipinski definition) is 3. The number of nitrogens with one attached hydrogen (secondary N) is 1. The van der Waals surface area contributed by atoms with E-state index in [1.165, 1.54) is 11.8 Å². The van der Waals surface area contributed by atoms with Crippen LogP contribution in [0.25, 0.3) is 0 Å². The van der Waals surface area contributed by atoms with E-state index in [1.54, 1.807) is 20.8 Å². The molecule has 0 aromatic rings. The van der Waals surface area contributed by atoms with E-state index in [2.05, 4.69) is 5.32 Å². The van der Waals surface area contributed by atoms with Gasteiger partial charge in [-0.15, -0.1) is 0 Å². The third kappa shape index (κ3) is 4.35. The Bertz CT molecular complexity index is 261. The van der Waals surface area contributed by atoms with E-state index in [0.29, 0.717) is 13.1 Å². The van der Waals surface area contributed by atoms with Crippen molar-refractivity contribution in [1.29, 1.82) is 0 Å². The van der Waals surface area contributed by atoms with Crippen LogP contribution in [0, 0.1) is 0 Å². The van der Waals surface area contributed by atoms with Crippen LogP contribution in [0.3, 0.4) is 0 Å². The summed E-state index contributed by atoms with van der Waals surface area (Å²) in [6, 6.07) is 0. The first-order chi connectivity index (χ1) is 7.20. The Labute approximate surface area is 96.1 Å². The topological polar surface area (TPSA) is 41.6 Å². The maximum Gasteiger partial charge on any atom is 0.410 e. The summed E-state index contributed by atoms with van der Waals surface area (Å²) in [7, 11) is 0. The number of alkyl halides is 1. The molecule has 5 heteroatoms. The van der Waals surface area contributed by atoms with E-state index in [-0.39, 0.29) is 13.1 Å². The number of amides is 1. The van der Waals surface area contributed by atoms with Gasteiger partial charge >= 0.3 is 6.09 Å². The number of rotatable bonds is 0. The number of halogens is 1. The molecule has 0 aliphatic carbocycles. The highest BCUT2D eigenvalue weighted by molar-refractivity contribution is 5.68. The summed E-state index contributed by atoms with van der Waals surface area (Å²) in [4.78, 5) is 13.2. The van der Waals surface area contributed by atoms with Crippen LogP contribution >= 0.6 is 0 Å². The van der Waals surface area contributed by atoms with Gasteiger partial charge in [0.05, 0.1) is 6.54 Å². The van der Waals surface area contributed by atoms with Crippen LogP contribution in [0.5, 0.6) is 0 Å². The van der Waals surface area contributed by atoms with Gasteiger partial charge < -0.3 is 15.0 Å². The fourth-order valence-corrected chi connectivity index (χ4v) is 1.58. The van der Waals surface area contributed by atoms with Crippen LogP contribution in [0.4, 0.5) is 9.18 Å². The molecular formula is C11H21FN2O2. The fraction of sp³-hybridized carbons (Fsp3) is 0.909. The van der Waals surface area contributed by atoms with E-state index in [1.807, 2.05) is 0 Å². The zero-order valence-electron chi connectivity index (χ0n) is 10.5. The fourth-order valence-electron chi connectivity index (χ4n) is 1.58. The Morgan fingerprint density at radius 2 is 2.12 bits per heavy atom. The lowest BCUT2D eigenvalue weighted by Crippen LogP contribution is -2.44. The second-order valence-electron chi connectivity index (χ2n) is 5.49. The quantitative estimate of drug-likeness (QED) is 0.689. The molecule has 16 heavy (non-hydrogen) atoms. The van der Waals surface area contributed by atoms with E-state index in [0.717, 1.165) is 0 Å². The van der Waals surface area contributed by atoms with Gasteiger partial charge in [-0.1, -0.05) is 0 Å². The summed E-state index contributed by atoms with van der Waals surface area (Å²) in [5, 5.41) is 2.96. The van der Waals surface area contributed by atoms with Crippen molar-refractivity contribution in [2.75, 3.05) is 26.2 Å². The summed E-state index contributed by atoms with van der Waals surface area (Å²) >= 11 is 0. The van der Waals surface area contributed by atoms with Gasteiger partial charge in [0.25, 0.3) is 0 Å². The third-order valence-corrected chi connectivity index (χ3v) is 2.22. The van der Waals surface area contributed by atoms with E-state index in [4.69, 9.17) is 4.74 Å². The number of ether oxygens (including phenoxy) is 1. The molecule has 0 saturated carbocycles. The molecule has 0 bridgehead atoms. The largest absolute Gasteiger partial charge is 0.444 e. The summed E-state index contributed by atoms with van der Waals surface area (Å²) in [6.07, 6.45) is -0.444. The lowest BCUT2D eigenvalue weighted by atomic mass is 10.1. The minimum Gasteiger partial charge on any atom is -0.444 e. The molecule has 1 atom stereocenters. The minimum atomic E-state index is -1.40. The van der Waals surface area contributed by atoms with Crippen LogP contribution in [-0.4, -0.2) is 48.4 Å². The van der Waals surface area contributed by atoms with E-state index < -0.39 is 17.4 Å². The first-order valence-corrected chi connectivity index (χ1v) is 5.57. The molecule has 0 unspecified atom stereocenters. The summed E-state index contributed by atoms with van der Waals surface area (Å²) in [6.45, 7) is 8.32. The number of carbonyl (C=O) groups excluding carboxylic acids is 1. The van der Waals surface area contributed by atoms with Crippen molar-refractivity contribution in [2.45, 2.75) is 39.0 Å². The Hall–Kier alpha value is -0.840. The zero-order valence-corrected chi connectivity index (χ0v) is 10.5. The van der Waals surface area contributed by atoms with Crippen molar-refractivity contribution in [2.24, 2.45) is 0 Å². The molecule has 1 aliphatic rings. The third-order valence-electron chi connectivity index (χ3n) is 2.22. The Kier molecular flexibility index (Phi) is 3.78. The summed E-state index contributed by atoms with van der Waals surface area (Å²) < 4.78 is 19.1. The molecule has 0 aromatic carbocycles. The Morgan fingerprint density at radius 3 is 2.69 bits per heavy atom. The Balaban J connectivity index is 2.61. The number of hydrogen-bond donors (Lipinski definition) is 1. The monoisotopic (exact) mass is 232 g/mol. The molecule has 1 heterocycles. The highest BCUT2D eigenvalue weighted by Gasteiger charge is 2.33. The van der Waals surface area contributed by atoms with Crippen molar-refractivity contribution in [3.8, 4) is 0 Å². The maximum atomic E-state index is 13.9. The molecule has 94 valence electrons. The molecular weight excluding hydrogens is 211 g/mol. The lowest BCUT2D eigenvalue weighted by Gasteiger charge is -2.29. The average molecular weight is 232 g/mol. The lowest BCUT2D eigenvalue weighted by molar-refractivity contribution is 0.0168. The highest BCUT2D eigenvalue weighted by atomic mass is 19.1. The van der Waals surface area contributed by atoms with Gasteiger partial charge in [0.2, 0.25) is 0 Å². The SMILES string of the molecule is CC(C)(C)OC(=O)N1CCNC[C@@](C)(F)C1. The molecule has 4 nitrogen and oxygen atoms in total. The smallest absolute Gasteiger partial charge is 0.410 e. The van der Waals surface area contributed by atoms with Crippen molar-refractivity contribution in [1.82, 2.24) is 10.2 Å². The van der Waals surface area contributed by atoms with Crippen LogP contribution in [0.2, 0.25) is 0 Å². The molecule has 1 saturated heterocycles. The number of nitrogens with zero attached hydrogens (tertiary/aromatic N) is 1. The molecule has 1 amide bonds. The normalized spacial score (nSPS) is 27.4. The molecule has 1 N–H and O–H groups in total. The molecule has 0 spiro atoms. The van der Waals surface area contributed by atoms with Gasteiger partial charge in [-0.25, -0.2) is 9.18 Å². The maximum absolute atomic E-state index is 13.9.